The van der Waals surface area contributed by atoms with E-state index in [1.807, 2.05) is 18.2 Å². The lowest BCUT2D eigenvalue weighted by molar-refractivity contribution is -0.155. The highest BCUT2D eigenvalue weighted by atomic mass is 79.9. The molecule has 1 N–H and O–H groups in total. The van der Waals surface area contributed by atoms with Gasteiger partial charge in [0.2, 0.25) is 6.10 Å². The number of nitrogens with one attached hydrogen (secondary N) is 1. The number of amides is 1. The minimum Gasteiger partial charge on any atom is -0.497 e. The van der Waals surface area contributed by atoms with E-state index in [1.54, 1.807) is 67.8 Å². The van der Waals surface area contributed by atoms with Crippen molar-refractivity contribution >= 4 is 33.5 Å². The van der Waals surface area contributed by atoms with E-state index in [4.69, 9.17) is 14.2 Å². The second-order valence-corrected chi connectivity index (χ2v) is 7.47. The summed E-state index contributed by atoms with van der Waals surface area (Å²) >= 11 is 3.37. The van der Waals surface area contributed by atoms with Crippen LogP contribution >= 0.6 is 15.9 Å². The third kappa shape index (κ3) is 6.86. The van der Waals surface area contributed by atoms with Gasteiger partial charge in [0.25, 0.3) is 5.91 Å². The first kappa shape index (κ1) is 22.4. The molecule has 31 heavy (non-hydrogen) atoms. The van der Waals surface area contributed by atoms with Crippen LogP contribution in [0.25, 0.3) is 0 Å². The second-order valence-electron chi connectivity index (χ2n) is 6.55. The molecule has 0 heterocycles. The molecule has 0 aliphatic rings. The monoisotopic (exact) mass is 483 g/mol. The zero-order valence-corrected chi connectivity index (χ0v) is 18.5. The predicted molar refractivity (Wildman–Crippen MR) is 121 cm³/mol. The molecule has 0 bridgehead atoms. The molecule has 0 saturated carbocycles. The van der Waals surface area contributed by atoms with Crippen molar-refractivity contribution in [2.24, 2.45) is 0 Å². The molecule has 1 amide bonds. The first-order valence-corrected chi connectivity index (χ1v) is 10.4. The molecule has 0 radical (unpaired) electrons. The highest BCUT2D eigenvalue weighted by Gasteiger charge is 2.25. The van der Waals surface area contributed by atoms with Gasteiger partial charge in [-0.1, -0.05) is 46.3 Å². The summed E-state index contributed by atoms with van der Waals surface area (Å²) in [7, 11) is 1.57. The minimum absolute atomic E-state index is 0.0116. The van der Waals surface area contributed by atoms with Gasteiger partial charge in [-0.25, -0.2) is 0 Å². The molecule has 3 aromatic rings. The highest BCUT2D eigenvalue weighted by molar-refractivity contribution is 9.10. The van der Waals surface area contributed by atoms with Crippen LogP contribution in [0.2, 0.25) is 0 Å². The molecule has 0 saturated heterocycles. The highest BCUT2D eigenvalue weighted by Crippen LogP contribution is 2.24. The van der Waals surface area contributed by atoms with Crippen LogP contribution in [-0.4, -0.2) is 25.6 Å². The van der Waals surface area contributed by atoms with Gasteiger partial charge in [-0.3, -0.25) is 9.59 Å². The third-order valence-electron chi connectivity index (χ3n) is 4.34. The summed E-state index contributed by atoms with van der Waals surface area (Å²) in [6, 6.07) is 23.1. The fourth-order valence-corrected chi connectivity index (χ4v) is 3.02. The van der Waals surface area contributed by atoms with Crippen LogP contribution < -0.4 is 14.8 Å². The van der Waals surface area contributed by atoms with Crippen LogP contribution in [0.15, 0.2) is 83.3 Å². The third-order valence-corrected chi connectivity index (χ3v) is 4.86. The molecule has 0 fully saturated rings. The summed E-state index contributed by atoms with van der Waals surface area (Å²) in [5, 5.41) is 2.78. The first-order valence-electron chi connectivity index (χ1n) is 9.63. The Bertz CT molecular complexity index is 991. The predicted octanol–water partition coefficient (Wildman–Crippen LogP) is 5.15. The fourth-order valence-electron chi connectivity index (χ4n) is 2.75. The Labute approximate surface area is 189 Å². The van der Waals surface area contributed by atoms with Crippen LogP contribution in [0.1, 0.15) is 18.1 Å². The van der Waals surface area contributed by atoms with E-state index in [-0.39, 0.29) is 13.0 Å². The number of ether oxygens (including phenoxy) is 3. The fraction of sp³-hybridized carbons (Fsp3) is 0.167. The quantitative estimate of drug-likeness (QED) is 0.426. The molecular weight excluding hydrogens is 462 g/mol. The lowest BCUT2D eigenvalue weighted by Gasteiger charge is -2.18. The van der Waals surface area contributed by atoms with Gasteiger partial charge in [-0.2, -0.15) is 0 Å². The van der Waals surface area contributed by atoms with Gasteiger partial charge in [-0.15, -0.1) is 0 Å². The molecule has 0 aliphatic carbocycles. The Kier molecular flexibility index (Phi) is 8.06. The van der Waals surface area contributed by atoms with Gasteiger partial charge < -0.3 is 19.5 Å². The van der Waals surface area contributed by atoms with Gasteiger partial charge in [0, 0.05) is 15.7 Å². The SMILES string of the molecule is COc1ccc(NC(=O)C(OC(=O)CCOc2ccccc2)c2ccc(Br)cc2)cc1. The standard InChI is InChI=1S/C24H22BrNO5/c1-29-20-13-11-19(12-14-20)26-24(28)23(17-7-9-18(25)10-8-17)31-22(27)15-16-30-21-5-3-2-4-6-21/h2-14,23H,15-16H2,1H3,(H,26,28). The van der Waals surface area contributed by atoms with Crippen molar-refractivity contribution in [3.63, 3.8) is 0 Å². The van der Waals surface area contributed by atoms with Crippen LogP contribution in [0.4, 0.5) is 5.69 Å². The molecule has 160 valence electrons. The molecule has 0 aliphatic heterocycles. The van der Waals surface area contributed by atoms with Crippen molar-refractivity contribution in [2.45, 2.75) is 12.5 Å². The second kappa shape index (κ2) is 11.2. The molecule has 3 rings (SSSR count). The van der Waals surface area contributed by atoms with Crippen molar-refractivity contribution in [1.29, 1.82) is 0 Å². The Morgan fingerprint density at radius 2 is 1.58 bits per heavy atom. The van der Waals surface area contributed by atoms with E-state index < -0.39 is 18.0 Å². The Hall–Kier alpha value is -3.32. The molecule has 0 aromatic heterocycles. The number of para-hydroxylation sites is 1. The van der Waals surface area contributed by atoms with Crippen molar-refractivity contribution in [1.82, 2.24) is 0 Å². The van der Waals surface area contributed by atoms with Crippen LogP contribution in [0.3, 0.4) is 0 Å². The maximum absolute atomic E-state index is 12.9. The van der Waals surface area contributed by atoms with E-state index in [0.717, 1.165) is 4.47 Å². The number of benzene rings is 3. The zero-order chi connectivity index (χ0) is 22.1. The lowest BCUT2D eigenvalue weighted by atomic mass is 10.1. The maximum Gasteiger partial charge on any atom is 0.310 e. The van der Waals surface area contributed by atoms with Crippen molar-refractivity contribution in [3.8, 4) is 11.5 Å². The smallest absolute Gasteiger partial charge is 0.310 e. The molecule has 1 unspecified atom stereocenters. The summed E-state index contributed by atoms with van der Waals surface area (Å²) in [5.41, 5.74) is 1.13. The molecular formula is C24H22BrNO5. The van der Waals surface area contributed by atoms with E-state index >= 15 is 0 Å². The van der Waals surface area contributed by atoms with Gasteiger partial charge in [-0.05, 0) is 48.5 Å². The molecule has 3 aromatic carbocycles. The van der Waals surface area contributed by atoms with Gasteiger partial charge in [0.15, 0.2) is 0 Å². The molecule has 7 heteroatoms. The van der Waals surface area contributed by atoms with Crippen molar-refractivity contribution in [3.05, 3.63) is 88.9 Å². The summed E-state index contributed by atoms with van der Waals surface area (Å²) in [6.07, 6.45) is -1.09. The van der Waals surface area contributed by atoms with Crippen molar-refractivity contribution < 1.29 is 23.8 Å². The van der Waals surface area contributed by atoms with Crippen LogP contribution in [-0.2, 0) is 14.3 Å². The number of hydrogen-bond acceptors (Lipinski definition) is 5. The van der Waals surface area contributed by atoms with Crippen LogP contribution in [0.5, 0.6) is 11.5 Å². The maximum atomic E-state index is 12.9. The van der Waals surface area contributed by atoms with Crippen LogP contribution in [0, 0.1) is 0 Å². The van der Waals surface area contributed by atoms with E-state index in [1.165, 1.54) is 0 Å². The van der Waals surface area contributed by atoms with Gasteiger partial charge in [0.05, 0.1) is 20.1 Å². The van der Waals surface area contributed by atoms with Crippen molar-refractivity contribution in [2.75, 3.05) is 19.0 Å². The minimum atomic E-state index is -1.10. The Balaban J connectivity index is 1.65. The number of anilines is 1. The average Bonchev–Trinajstić information content (AvgIpc) is 2.79. The Morgan fingerprint density at radius 1 is 0.903 bits per heavy atom. The first-order chi connectivity index (χ1) is 15.0. The topological polar surface area (TPSA) is 73.9 Å². The molecule has 1 atom stereocenters. The zero-order valence-electron chi connectivity index (χ0n) is 16.9. The Morgan fingerprint density at radius 3 is 2.23 bits per heavy atom. The summed E-state index contributed by atoms with van der Waals surface area (Å²) in [4.78, 5) is 25.3. The number of carbonyl (C=O) groups excluding carboxylic acids is 2. The number of halogens is 1. The summed E-state index contributed by atoms with van der Waals surface area (Å²) < 4.78 is 17.0. The summed E-state index contributed by atoms with van der Waals surface area (Å²) in [5.74, 6) is 0.350. The number of methoxy groups -OCH3 is 1. The summed E-state index contributed by atoms with van der Waals surface area (Å²) in [6.45, 7) is 0.149. The molecule has 6 nitrogen and oxygen atoms in total. The van der Waals surface area contributed by atoms with Gasteiger partial charge >= 0.3 is 5.97 Å². The number of hydrogen-bond donors (Lipinski definition) is 1. The number of esters is 1. The number of rotatable bonds is 9. The lowest BCUT2D eigenvalue weighted by Crippen LogP contribution is -2.26. The average molecular weight is 484 g/mol. The van der Waals surface area contributed by atoms with E-state index in [2.05, 4.69) is 21.2 Å². The largest absolute Gasteiger partial charge is 0.497 e. The van der Waals surface area contributed by atoms with Gasteiger partial charge in [0.1, 0.15) is 11.5 Å². The normalized spacial score (nSPS) is 11.3. The van der Waals surface area contributed by atoms with E-state index in [0.29, 0.717) is 22.7 Å². The van der Waals surface area contributed by atoms with E-state index in [9.17, 15) is 9.59 Å². The number of carbonyl (C=O) groups is 2. The molecule has 0 spiro atoms.